The molecule has 2 rings (SSSR count). The molecule has 1 aliphatic heterocycles. The van der Waals surface area contributed by atoms with Gasteiger partial charge in [-0.05, 0) is 27.7 Å². The molecule has 1 unspecified atom stereocenters. The predicted octanol–water partition coefficient (Wildman–Crippen LogP) is 0.282. The summed E-state index contributed by atoms with van der Waals surface area (Å²) in [6, 6.07) is 1.74. The zero-order chi connectivity index (χ0) is 17.0. The predicted molar refractivity (Wildman–Crippen MR) is 89.3 cm³/mol. The number of H-pyrrole nitrogens is 1. The summed E-state index contributed by atoms with van der Waals surface area (Å²) in [7, 11) is 0. The molecule has 1 fully saturated rings. The van der Waals surface area contributed by atoms with E-state index in [1.54, 1.807) is 0 Å². The van der Waals surface area contributed by atoms with Gasteiger partial charge in [0.25, 0.3) is 5.56 Å². The molecular weight excluding hydrogens is 294 g/mol. The standard InChI is InChI=1S/C16H27N5O2/c1-11(2)17-15(23)10-20-5-7-21(8-6-20)13(4)16-18-12(3)9-14(22)19-16/h9,11,13H,5-8,10H2,1-4H3,(H,17,23)(H,18,19,22). The van der Waals surface area contributed by atoms with Crippen LogP contribution < -0.4 is 10.9 Å². The summed E-state index contributed by atoms with van der Waals surface area (Å²) in [4.78, 5) is 35.1. The first-order valence-electron chi connectivity index (χ1n) is 8.19. The van der Waals surface area contributed by atoms with E-state index in [-0.39, 0.29) is 23.6 Å². The average Bonchev–Trinajstić information content (AvgIpc) is 2.45. The Morgan fingerprint density at radius 2 is 1.96 bits per heavy atom. The number of aromatic nitrogens is 2. The van der Waals surface area contributed by atoms with Crippen molar-refractivity contribution in [3.05, 3.63) is 27.9 Å². The fourth-order valence-electron chi connectivity index (χ4n) is 2.85. The van der Waals surface area contributed by atoms with Gasteiger partial charge in [0.05, 0.1) is 12.6 Å². The van der Waals surface area contributed by atoms with Crippen LogP contribution in [0.15, 0.2) is 10.9 Å². The van der Waals surface area contributed by atoms with Gasteiger partial charge >= 0.3 is 0 Å². The molecule has 1 aromatic rings. The molecule has 128 valence electrons. The number of rotatable bonds is 5. The first-order chi connectivity index (χ1) is 10.8. The monoisotopic (exact) mass is 321 g/mol. The highest BCUT2D eigenvalue weighted by atomic mass is 16.2. The van der Waals surface area contributed by atoms with Gasteiger partial charge in [-0.3, -0.25) is 19.4 Å². The van der Waals surface area contributed by atoms with E-state index < -0.39 is 0 Å². The molecule has 7 heteroatoms. The molecule has 2 N–H and O–H groups in total. The Labute approximate surface area is 137 Å². The molecular formula is C16H27N5O2. The summed E-state index contributed by atoms with van der Waals surface area (Å²) in [5, 5.41) is 2.92. The van der Waals surface area contributed by atoms with E-state index in [1.165, 1.54) is 6.07 Å². The molecule has 0 radical (unpaired) electrons. The lowest BCUT2D eigenvalue weighted by Crippen LogP contribution is -2.50. The lowest BCUT2D eigenvalue weighted by Gasteiger charge is -2.37. The Morgan fingerprint density at radius 1 is 1.30 bits per heavy atom. The highest BCUT2D eigenvalue weighted by Crippen LogP contribution is 2.17. The third-order valence-corrected chi connectivity index (χ3v) is 4.06. The third-order valence-electron chi connectivity index (χ3n) is 4.06. The smallest absolute Gasteiger partial charge is 0.251 e. The normalized spacial score (nSPS) is 18.1. The van der Waals surface area contributed by atoms with E-state index in [4.69, 9.17) is 0 Å². The van der Waals surface area contributed by atoms with Crippen molar-refractivity contribution >= 4 is 5.91 Å². The van der Waals surface area contributed by atoms with E-state index in [0.717, 1.165) is 31.9 Å². The van der Waals surface area contributed by atoms with Crippen LogP contribution in [0.5, 0.6) is 0 Å². The molecule has 1 aromatic heterocycles. The van der Waals surface area contributed by atoms with Crippen LogP contribution in [0, 0.1) is 6.92 Å². The fourth-order valence-corrected chi connectivity index (χ4v) is 2.85. The fraction of sp³-hybridized carbons (Fsp3) is 0.688. The molecule has 1 aliphatic rings. The maximum atomic E-state index is 11.8. The number of aromatic amines is 1. The third kappa shape index (κ3) is 5.14. The second-order valence-corrected chi connectivity index (χ2v) is 6.48. The maximum absolute atomic E-state index is 11.8. The van der Waals surface area contributed by atoms with Crippen LogP contribution in [0.25, 0.3) is 0 Å². The van der Waals surface area contributed by atoms with Gasteiger partial charge in [-0.2, -0.15) is 0 Å². The zero-order valence-electron chi connectivity index (χ0n) is 14.4. The summed E-state index contributed by atoms with van der Waals surface area (Å²) in [6.45, 7) is 11.6. The summed E-state index contributed by atoms with van der Waals surface area (Å²) in [5.74, 6) is 0.784. The van der Waals surface area contributed by atoms with Crippen molar-refractivity contribution in [1.82, 2.24) is 25.1 Å². The molecule has 1 amide bonds. The van der Waals surface area contributed by atoms with Crippen LogP contribution in [0.3, 0.4) is 0 Å². The number of hydrogen-bond acceptors (Lipinski definition) is 5. The van der Waals surface area contributed by atoms with Crippen molar-refractivity contribution in [2.45, 2.75) is 39.8 Å². The molecule has 1 saturated heterocycles. The first kappa shape index (κ1) is 17.6. The minimum atomic E-state index is -0.108. The molecule has 0 aliphatic carbocycles. The molecule has 23 heavy (non-hydrogen) atoms. The molecule has 1 atom stereocenters. The van der Waals surface area contributed by atoms with E-state index in [9.17, 15) is 9.59 Å². The number of carbonyl (C=O) groups excluding carboxylic acids is 1. The number of aryl methyl sites for hydroxylation is 1. The lowest BCUT2D eigenvalue weighted by molar-refractivity contribution is -0.123. The molecule has 0 saturated carbocycles. The van der Waals surface area contributed by atoms with Gasteiger partial charge in [0.15, 0.2) is 0 Å². The molecule has 2 heterocycles. The topological polar surface area (TPSA) is 81.3 Å². The van der Waals surface area contributed by atoms with E-state index >= 15 is 0 Å². The van der Waals surface area contributed by atoms with Gasteiger partial charge in [-0.1, -0.05) is 0 Å². The maximum Gasteiger partial charge on any atom is 0.251 e. The van der Waals surface area contributed by atoms with Gasteiger partial charge in [0.1, 0.15) is 5.82 Å². The SMILES string of the molecule is Cc1cc(=O)[nH]c(C(C)N2CCN(CC(=O)NC(C)C)CC2)n1. The van der Waals surface area contributed by atoms with Crippen molar-refractivity contribution in [3.8, 4) is 0 Å². The van der Waals surface area contributed by atoms with Crippen LogP contribution in [-0.4, -0.2) is 64.4 Å². The van der Waals surface area contributed by atoms with Crippen LogP contribution in [0.2, 0.25) is 0 Å². The minimum Gasteiger partial charge on any atom is -0.353 e. The highest BCUT2D eigenvalue weighted by Gasteiger charge is 2.24. The summed E-state index contributed by atoms with van der Waals surface area (Å²) in [6.07, 6.45) is 0. The number of carbonyl (C=O) groups is 1. The van der Waals surface area contributed by atoms with Crippen LogP contribution in [0.1, 0.15) is 38.3 Å². The Morgan fingerprint density at radius 3 is 2.52 bits per heavy atom. The summed E-state index contributed by atoms with van der Waals surface area (Å²) < 4.78 is 0. The number of hydrogen-bond donors (Lipinski definition) is 2. The number of nitrogens with zero attached hydrogens (tertiary/aromatic N) is 3. The zero-order valence-corrected chi connectivity index (χ0v) is 14.4. The second-order valence-electron chi connectivity index (χ2n) is 6.48. The van der Waals surface area contributed by atoms with Crippen LogP contribution >= 0.6 is 0 Å². The van der Waals surface area contributed by atoms with Crippen molar-refractivity contribution < 1.29 is 4.79 Å². The Bertz CT molecular complexity index is 590. The first-order valence-corrected chi connectivity index (χ1v) is 8.19. The van der Waals surface area contributed by atoms with Gasteiger partial charge in [-0.15, -0.1) is 0 Å². The average molecular weight is 321 g/mol. The number of piperazine rings is 1. The van der Waals surface area contributed by atoms with Gasteiger partial charge in [0.2, 0.25) is 5.91 Å². The van der Waals surface area contributed by atoms with E-state index in [0.29, 0.717) is 12.4 Å². The minimum absolute atomic E-state index is 0.0641. The van der Waals surface area contributed by atoms with Crippen molar-refractivity contribution in [3.63, 3.8) is 0 Å². The Kier molecular flexibility index (Phi) is 5.90. The lowest BCUT2D eigenvalue weighted by atomic mass is 10.2. The summed E-state index contributed by atoms with van der Waals surface area (Å²) in [5.41, 5.74) is 0.628. The molecule has 7 nitrogen and oxygen atoms in total. The van der Waals surface area contributed by atoms with Crippen LogP contribution in [-0.2, 0) is 4.79 Å². The van der Waals surface area contributed by atoms with Crippen molar-refractivity contribution in [1.29, 1.82) is 0 Å². The van der Waals surface area contributed by atoms with E-state index in [2.05, 4.69) is 32.0 Å². The molecule has 0 aromatic carbocycles. The van der Waals surface area contributed by atoms with Gasteiger partial charge in [-0.25, -0.2) is 4.98 Å². The Balaban J connectivity index is 1.88. The number of nitrogens with one attached hydrogen (secondary N) is 2. The Hall–Kier alpha value is -1.73. The van der Waals surface area contributed by atoms with E-state index in [1.807, 2.05) is 20.8 Å². The van der Waals surface area contributed by atoms with Crippen LogP contribution in [0.4, 0.5) is 0 Å². The summed E-state index contributed by atoms with van der Waals surface area (Å²) >= 11 is 0. The number of amides is 1. The largest absolute Gasteiger partial charge is 0.353 e. The molecule has 0 bridgehead atoms. The highest BCUT2D eigenvalue weighted by molar-refractivity contribution is 5.78. The van der Waals surface area contributed by atoms with Gasteiger partial charge in [0, 0.05) is 44.0 Å². The second kappa shape index (κ2) is 7.70. The quantitative estimate of drug-likeness (QED) is 0.814. The van der Waals surface area contributed by atoms with Crippen molar-refractivity contribution in [2.24, 2.45) is 0 Å². The van der Waals surface area contributed by atoms with Crippen molar-refractivity contribution in [2.75, 3.05) is 32.7 Å². The van der Waals surface area contributed by atoms with Gasteiger partial charge < -0.3 is 10.3 Å². The molecule has 0 spiro atoms.